The second-order valence-corrected chi connectivity index (χ2v) is 4.41. The molecule has 0 radical (unpaired) electrons. The van der Waals surface area contributed by atoms with Gasteiger partial charge in [-0.25, -0.2) is 13.1 Å². The molecule has 1 N–H and O–H groups in total. The average Bonchev–Trinajstić information content (AvgIpc) is 2.35. The third-order valence-corrected chi connectivity index (χ3v) is 2.76. The smallest absolute Gasteiger partial charge is 0.215 e. The van der Waals surface area contributed by atoms with Gasteiger partial charge in [0, 0.05) is 18.8 Å². The zero-order chi connectivity index (χ0) is 9.19. The molecule has 0 fully saturated rings. The summed E-state index contributed by atoms with van der Waals surface area (Å²) in [7, 11) is -0.0225. The Bertz CT molecular complexity index is 355. The molecule has 0 aliphatic rings. The molecule has 0 atom stereocenters. The number of hydrogen-bond acceptors (Lipinski definition) is 3. The molecule has 6 heteroatoms. The van der Waals surface area contributed by atoms with Crippen molar-refractivity contribution in [3.8, 4) is 0 Å². The molecule has 68 valence electrons. The van der Waals surface area contributed by atoms with Gasteiger partial charge in [-0.05, 0) is 7.05 Å². The summed E-state index contributed by atoms with van der Waals surface area (Å²) in [5.41, 5.74) is 0.687. The van der Waals surface area contributed by atoms with Crippen molar-refractivity contribution in [1.29, 1.82) is 0 Å². The van der Waals surface area contributed by atoms with Gasteiger partial charge in [-0.2, -0.15) is 5.10 Å². The van der Waals surface area contributed by atoms with Crippen LogP contribution in [0.1, 0.15) is 5.56 Å². The molecule has 0 aromatic carbocycles. The second kappa shape index (κ2) is 3.24. The van der Waals surface area contributed by atoms with Crippen LogP contribution < -0.4 is 4.72 Å². The Labute approximate surface area is 71.4 Å². The van der Waals surface area contributed by atoms with E-state index in [0.717, 1.165) is 0 Å². The largest absolute Gasteiger partial charge is 0.276 e. The Morgan fingerprint density at radius 3 is 2.75 bits per heavy atom. The van der Waals surface area contributed by atoms with Gasteiger partial charge in [0.25, 0.3) is 0 Å². The zero-order valence-electron chi connectivity index (χ0n) is 6.98. The monoisotopic (exact) mass is 189 g/mol. The van der Waals surface area contributed by atoms with Crippen LogP contribution in [0.25, 0.3) is 0 Å². The first kappa shape index (κ1) is 9.21. The maximum atomic E-state index is 11.0. The third kappa shape index (κ3) is 2.31. The van der Waals surface area contributed by atoms with Crippen molar-refractivity contribution in [3.63, 3.8) is 0 Å². The van der Waals surface area contributed by atoms with Crippen LogP contribution >= 0.6 is 0 Å². The minimum absolute atomic E-state index is 0.0165. The van der Waals surface area contributed by atoms with Crippen molar-refractivity contribution in [2.24, 2.45) is 7.05 Å². The minimum atomic E-state index is -3.16. The van der Waals surface area contributed by atoms with Crippen molar-refractivity contribution < 1.29 is 8.42 Å². The molecule has 0 unspecified atom stereocenters. The van der Waals surface area contributed by atoms with Crippen LogP contribution in [0.15, 0.2) is 12.4 Å². The van der Waals surface area contributed by atoms with E-state index in [-0.39, 0.29) is 5.75 Å². The van der Waals surface area contributed by atoms with Crippen molar-refractivity contribution in [1.82, 2.24) is 14.5 Å². The fourth-order valence-electron chi connectivity index (χ4n) is 0.838. The summed E-state index contributed by atoms with van der Waals surface area (Å²) in [6.45, 7) is 0. The second-order valence-electron chi connectivity index (χ2n) is 2.49. The van der Waals surface area contributed by atoms with Gasteiger partial charge in [0.15, 0.2) is 0 Å². The minimum Gasteiger partial charge on any atom is -0.276 e. The Morgan fingerprint density at radius 2 is 2.33 bits per heavy atom. The van der Waals surface area contributed by atoms with E-state index >= 15 is 0 Å². The highest BCUT2D eigenvalue weighted by Gasteiger charge is 2.08. The maximum absolute atomic E-state index is 11.0. The van der Waals surface area contributed by atoms with E-state index in [9.17, 15) is 8.42 Å². The van der Waals surface area contributed by atoms with Gasteiger partial charge in [0.05, 0.1) is 11.9 Å². The SMILES string of the molecule is CNS(=O)(=O)Cc1cnn(C)c1. The van der Waals surface area contributed by atoms with Gasteiger partial charge in [0.2, 0.25) is 10.0 Å². The predicted octanol–water partition coefficient (Wildman–Crippen LogP) is -0.531. The number of rotatable bonds is 3. The fourth-order valence-corrected chi connectivity index (χ4v) is 1.57. The molecule has 1 heterocycles. The Hall–Kier alpha value is -0.880. The van der Waals surface area contributed by atoms with E-state index in [2.05, 4.69) is 9.82 Å². The molecule has 1 aromatic rings. The summed E-state index contributed by atoms with van der Waals surface area (Å²) >= 11 is 0. The van der Waals surface area contributed by atoms with E-state index in [1.807, 2.05) is 0 Å². The number of aromatic nitrogens is 2. The summed E-state index contributed by atoms with van der Waals surface area (Å²) in [6, 6.07) is 0. The Morgan fingerprint density at radius 1 is 1.67 bits per heavy atom. The van der Waals surface area contributed by atoms with E-state index in [4.69, 9.17) is 0 Å². The highest BCUT2D eigenvalue weighted by Crippen LogP contribution is 2.01. The van der Waals surface area contributed by atoms with Crippen LogP contribution in [-0.2, 0) is 22.8 Å². The highest BCUT2D eigenvalue weighted by atomic mass is 32.2. The molecular weight excluding hydrogens is 178 g/mol. The average molecular weight is 189 g/mol. The summed E-state index contributed by atoms with van der Waals surface area (Å²) in [6.07, 6.45) is 3.21. The summed E-state index contributed by atoms with van der Waals surface area (Å²) < 4.78 is 25.9. The van der Waals surface area contributed by atoms with Gasteiger partial charge in [-0.15, -0.1) is 0 Å². The summed E-state index contributed by atoms with van der Waals surface area (Å²) in [4.78, 5) is 0. The van der Waals surface area contributed by atoms with Gasteiger partial charge < -0.3 is 0 Å². The van der Waals surface area contributed by atoms with Crippen LogP contribution in [0, 0.1) is 0 Å². The maximum Gasteiger partial charge on any atom is 0.215 e. The summed E-state index contributed by atoms with van der Waals surface area (Å²) in [5.74, 6) is -0.0165. The van der Waals surface area contributed by atoms with Gasteiger partial charge in [-0.3, -0.25) is 4.68 Å². The van der Waals surface area contributed by atoms with Crippen LogP contribution in [0.5, 0.6) is 0 Å². The van der Waals surface area contributed by atoms with E-state index in [1.165, 1.54) is 13.2 Å². The lowest BCUT2D eigenvalue weighted by Crippen LogP contribution is -2.20. The highest BCUT2D eigenvalue weighted by molar-refractivity contribution is 7.88. The normalized spacial score (nSPS) is 11.8. The molecule has 12 heavy (non-hydrogen) atoms. The van der Waals surface area contributed by atoms with Crippen LogP contribution in [0.2, 0.25) is 0 Å². The number of hydrogen-bond donors (Lipinski definition) is 1. The first-order valence-corrected chi connectivity index (χ1v) is 5.07. The van der Waals surface area contributed by atoms with E-state index in [1.54, 1.807) is 17.9 Å². The predicted molar refractivity (Wildman–Crippen MR) is 44.9 cm³/mol. The van der Waals surface area contributed by atoms with Crippen molar-refractivity contribution in [2.45, 2.75) is 5.75 Å². The first-order chi connectivity index (χ1) is 5.53. The quantitative estimate of drug-likeness (QED) is 0.695. The molecule has 1 rings (SSSR count). The molecule has 1 aromatic heterocycles. The van der Waals surface area contributed by atoms with Crippen molar-refractivity contribution >= 4 is 10.0 Å². The fraction of sp³-hybridized carbons (Fsp3) is 0.500. The lowest BCUT2D eigenvalue weighted by Gasteiger charge is -1.97. The first-order valence-electron chi connectivity index (χ1n) is 3.42. The standard InChI is InChI=1S/C6H11N3O2S/c1-7-12(10,11)5-6-3-8-9(2)4-6/h3-4,7H,5H2,1-2H3. The molecular formula is C6H11N3O2S. The molecule has 5 nitrogen and oxygen atoms in total. The number of aryl methyl sites for hydroxylation is 1. The Balaban J connectivity index is 2.77. The number of nitrogens with one attached hydrogen (secondary N) is 1. The Kier molecular flexibility index (Phi) is 2.49. The van der Waals surface area contributed by atoms with Gasteiger partial charge in [0.1, 0.15) is 0 Å². The topological polar surface area (TPSA) is 64.0 Å². The van der Waals surface area contributed by atoms with Crippen LogP contribution in [0.4, 0.5) is 0 Å². The van der Waals surface area contributed by atoms with E-state index in [0.29, 0.717) is 5.56 Å². The third-order valence-electron chi connectivity index (χ3n) is 1.43. The molecule has 0 saturated heterocycles. The van der Waals surface area contributed by atoms with Crippen LogP contribution in [-0.4, -0.2) is 25.2 Å². The molecule has 0 aliphatic heterocycles. The lowest BCUT2D eigenvalue weighted by atomic mass is 10.4. The van der Waals surface area contributed by atoms with Gasteiger partial charge >= 0.3 is 0 Å². The molecule has 0 bridgehead atoms. The van der Waals surface area contributed by atoms with Crippen LogP contribution in [0.3, 0.4) is 0 Å². The van der Waals surface area contributed by atoms with Crippen molar-refractivity contribution in [2.75, 3.05) is 7.05 Å². The molecule has 0 spiro atoms. The summed E-state index contributed by atoms with van der Waals surface area (Å²) in [5, 5.41) is 3.86. The lowest BCUT2D eigenvalue weighted by molar-refractivity contribution is 0.587. The molecule has 0 amide bonds. The van der Waals surface area contributed by atoms with Crippen molar-refractivity contribution in [3.05, 3.63) is 18.0 Å². The van der Waals surface area contributed by atoms with E-state index < -0.39 is 10.0 Å². The number of nitrogens with zero attached hydrogens (tertiary/aromatic N) is 2. The molecule has 0 saturated carbocycles. The zero-order valence-corrected chi connectivity index (χ0v) is 7.80. The van der Waals surface area contributed by atoms with Gasteiger partial charge in [-0.1, -0.05) is 0 Å². The molecule has 0 aliphatic carbocycles. The number of sulfonamides is 1.